The van der Waals surface area contributed by atoms with Gasteiger partial charge in [0.15, 0.2) is 0 Å². The van der Waals surface area contributed by atoms with Gasteiger partial charge >= 0.3 is 0 Å². The highest BCUT2D eigenvalue weighted by atomic mass is 79.9. The third kappa shape index (κ3) is 3.93. The van der Waals surface area contributed by atoms with Crippen molar-refractivity contribution in [1.82, 2.24) is 0 Å². The summed E-state index contributed by atoms with van der Waals surface area (Å²) in [5.41, 5.74) is 9.29. The zero-order valence-corrected chi connectivity index (χ0v) is 24.5. The highest BCUT2D eigenvalue weighted by molar-refractivity contribution is 9.10. The lowest BCUT2D eigenvalue weighted by atomic mass is 9.61. The van der Waals surface area contributed by atoms with Gasteiger partial charge in [0.25, 0.3) is 0 Å². The molecule has 3 atom stereocenters. The fraction of sp³-hybridized carbons (Fsp3) is 0.333. The summed E-state index contributed by atoms with van der Waals surface area (Å²) in [5, 5.41) is 13.2. The SMILES string of the molecule is CC1=C(c2ccccc2Br)CC(c2c(C)c(C)c(C)c(C)c2Br)C(C)C1(O)c1ccccc1Cl. The molecule has 1 N–H and O–H groups in total. The molecule has 0 aromatic heterocycles. The fourth-order valence-corrected chi connectivity index (χ4v) is 7.43. The van der Waals surface area contributed by atoms with Crippen LogP contribution in [0.1, 0.15) is 65.1 Å². The largest absolute Gasteiger partial charge is 0.380 e. The van der Waals surface area contributed by atoms with E-state index in [1.165, 1.54) is 33.4 Å². The Bertz CT molecular complexity index is 1280. The predicted octanol–water partition coefficient (Wildman–Crippen LogP) is 9.58. The molecule has 3 unspecified atom stereocenters. The second-order valence-electron chi connectivity index (χ2n) is 9.66. The van der Waals surface area contributed by atoms with Gasteiger partial charge in [0, 0.05) is 25.4 Å². The Morgan fingerprint density at radius 2 is 1.44 bits per heavy atom. The van der Waals surface area contributed by atoms with Crippen LogP contribution < -0.4 is 0 Å². The van der Waals surface area contributed by atoms with Gasteiger partial charge in [0.1, 0.15) is 5.60 Å². The summed E-state index contributed by atoms with van der Waals surface area (Å²) in [4.78, 5) is 0. The van der Waals surface area contributed by atoms with Crippen LogP contribution in [0.15, 0.2) is 63.0 Å². The first-order valence-corrected chi connectivity index (χ1v) is 13.7. The lowest BCUT2D eigenvalue weighted by molar-refractivity contribution is 0.00271. The van der Waals surface area contributed by atoms with Crippen LogP contribution in [0, 0.1) is 33.6 Å². The standard InChI is InChI=1S/C30H31Br2ClO/c1-16-17(2)19(4)29(32)28(18(16)3)24-15-23(22-11-7-9-13-26(22)31)20(5)30(34,21(24)6)25-12-8-10-14-27(25)33/h7-14,21,24,34H,15H2,1-6H3. The molecule has 4 rings (SSSR count). The van der Waals surface area contributed by atoms with E-state index < -0.39 is 5.60 Å². The maximum atomic E-state index is 12.6. The Morgan fingerprint density at radius 3 is 2.09 bits per heavy atom. The van der Waals surface area contributed by atoms with Gasteiger partial charge in [-0.2, -0.15) is 0 Å². The zero-order chi connectivity index (χ0) is 24.9. The van der Waals surface area contributed by atoms with E-state index >= 15 is 0 Å². The lowest BCUT2D eigenvalue weighted by Crippen LogP contribution is -2.42. The second-order valence-corrected chi connectivity index (χ2v) is 11.7. The van der Waals surface area contributed by atoms with Crippen LogP contribution in [0.4, 0.5) is 0 Å². The van der Waals surface area contributed by atoms with E-state index in [1.54, 1.807) is 0 Å². The average molecular weight is 603 g/mol. The normalized spacial score (nSPS) is 22.9. The van der Waals surface area contributed by atoms with E-state index in [0.29, 0.717) is 5.02 Å². The van der Waals surface area contributed by atoms with Crippen LogP contribution in [0.3, 0.4) is 0 Å². The number of benzene rings is 3. The fourth-order valence-electron chi connectivity index (χ4n) is 5.74. The second kappa shape index (κ2) is 9.58. The number of allylic oxidation sites excluding steroid dienone is 1. The Hall–Kier alpha value is -1.39. The molecule has 34 heavy (non-hydrogen) atoms. The zero-order valence-electron chi connectivity index (χ0n) is 20.6. The van der Waals surface area contributed by atoms with Crippen molar-refractivity contribution in [3.05, 3.63) is 107 Å². The van der Waals surface area contributed by atoms with Gasteiger partial charge in [-0.25, -0.2) is 0 Å². The monoisotopic (exact) mass is 600 g/mol. The highest BCUT2D eigenvalue weighted by Crippen LogP contribution is 2.57. The van der Waals surface area contributed by atoms with Gasteiger partial charge < -0.3 is 5.11 Å². The van der Waals surface area contributed by atoms with Crippen molar-refractivity contribution in [3.8, 4) is 0 Å². The number of aliphatic hydroxyl groups is 1. The molecule has 0 amide bonds. The van der Waals surface area contributed by atoms with Gasteiger partial charge in [0.05, 0.1) is 0 Å². The lowest BCUT2D eigenvalue weighted by Gasteiger charge is -2.47. The Morgan fingerprint density at radius 1 is 0.853 bits per heavy atom. The average Bonchev–Trinajstić information content (AvgIpc) is 2.82. The molecule has 0 fully saturated rings. The van der Waals surface area contributed by atoms with Gasteiger partial charge in [0.2, 0.25) is 0 Å². The van der Waals surface area contributed by atoms with Crippen LogP contribution in [0.25, 0.3) is 5.57 Å². The van der Waals surface area contributed by atoms with Crippen molar-refractivity contribution in [2.24, 2.45) is 5.92 Å². The first-order chi connectivity index (χ1) is 16.0. The molecular formula is C30H31Br2ClO. The van der Waals surface area contributed by atoms with Gasteiger partial charge in [-0.1, -0.05) is 86.8 Å². The molecule has 1 nitrogen and oxygen atoms in total. The summed E-state index contributed by atoms with van der Waals surface area (Å²) in [7, 11) is 0. The Kier molecular flexibility index (Phi) is 7.24. The quantitative estimate of drug-likeness (QED) is 0.317. The molecule has 0 aliphatic heterocycles. The highest BCUT2D eigenvalue weighted by Gasteiger charge is 2.48. The van der Waals surface area contributed by atoms with Crippen molar-refractivity contribution >= 4 is 49.0 Å². The van der Waals surface area contributed by atoms with E-state index in [4.69, 9.17) is 11.6 Å². The molecule has 3 aromatic rings. The van der Waals surface area contributed by atoms with Crippen LogP contribution in [0.2, 0.25) is 5.02 Å². The van der Waals surface area contributed by atoms with Crippen LogP contribution >= 0.6 is 43.5 Å². The first-order valence-electron chi connectivity index (χ1n) is 11.7. The third-order valence-electron chi connectivity index (χ3n) is 8.22. The third-order valence-corrected chi connectivity index (χ3v) is 10.3. The molecule has 0 spiro atoms. The summed E-state index contributed by atoms with van der Waals surface area (Å²) in [5.74, 6) is 0.00889. The molecule has 4 heteroatoms. The maximum Gasteiger partial charge on any atom is 0.115 e. The van der Waals surface area contributed by atoms with E-state index in [2.05, 4.69) is 91.6 Å². The van der Waals surface area contributed by atoms with Gasteiger partial charge in [-0.05, 0) is 104 Å². The van der Waals surface area contributed by atoms with E-state index in [9.17, 15) is 5.11 Å². The minimum absolute atomic E-state index is 0.0878. The van der Waals surface area contributed by atoms with Gasteiger partial charge in [-0.3, -0.25) is 0 Å². The topological polar surface area (TPSA) is 20.2 Å². The molecule has 178 valence electrons. The Balaban J connectivity index is 2.06. The van der Waals surface area contributed by atoms with Crippen molar-refractivity contribution in [2.75, 3.05) is 0 Å². The van der Waals surface area contributed by atoms with Crippen molar-refractivity contribution < 1.29 is 5.11 Å². The summed E-state index contributed by atoms with van der Waals surface area (Å²) < 4.78 is 2.18. The van der Waals surface area contributed by atoms with Crippen LogP contribution in [-0.2, 0) is 5.60 Å². The van der Waals surface area contributed by atoms with Crippen molar-refractivity contribution in [3.63, 3.8) is 0 Å². The molecule has 3 aromatic carbocycles. The molecule has 0 radical (unpaired) electrons. The molecule has 1 aliphatic rings. The number of halogens is 3. The molecule has 1 aliphatic carbocycles. The summed E-state index contributed by atoms with van der Waals surface area (Å²) in [6.07, 6.45) is 0.837. The number of hydrogen-bond acceptors (Lipinski definition) is 1. The van der Waals surface area contributed by atoms with E-state index in [0.717, 1.165) is 32.1 Å². The minimum atomic E-state index is -1.20. The Labute approximate surface area is 225 Å². The van der Waals surface area contributed by atoms with Crippen LogP contribution in [-0.4, -0.2) is 5.11 Å². The summed E-state index contributed by atoms with van der Waals surface area (Å²) >= 11 is 14.5. The van der Waals surface area contributed by atoms with Gasteiger partial charge in [-0.15, -0.1) is 0 Å². The molecule has 0 heterocycles. The van der Waals surface area contributed by atoms with Crippen molar-refractivity contribution in [2.45, 2.75) is 59.5 Å². The molecule has 0 saturated heterocycles. The number of rotatable bonds is 3. The van der Waals surface area contributed by atoms with Crippen LogP contribution in [0.5, 0.6) is 0 Å². The van der Waals surface area contributed by atoms with E-state index in [1.807, 2.05) is 30.3 Å². The van der Waals surface area contributed by atoms with E-state index in [-0.39, 0.29) is 11.8 Å². The predicted molar refractivity (Wildman–Crippen MR) is 152 cm³/mol. The summed E-state index contributed by atoms with van der Waals surface area (Å²) in [6, 6.07) is 16.0. The molecule has 0 bridgehead atoms. The summed E-state index contributed by atoms with van der Waals surface area (Å²) in [6.45, 7) is 13.0. The smallest absolute Gasteiger partial charge is 0.115 e. The minimum Gasteiger partial charge on any atom is -0.380 e. The molecular weight excluding hydrogens is 572 g/mol. The first kappa shape index (κ1) is 25.7. The van der Waals surface area contributed by atoms with Crippen molar-refractivity contribution in [1.29, 1.82) is 0 Å². The maximum absolute atomic E-state index is 12.6. The number of hydrogen-bond donors (Lipinski definition) is 1. The molecule has 0 saturated carbocycles.